The lowest BCUT2D eigenvalue weighted by Gasteiger charge is -2.19. The summed E-state index contributed by atoms with van der Waals surface area (Å²) < 4.78 is 5.65. The first-order valence-electron chi connectivity index (χ1n) is 7.94. The molecule has 1 heteroatoms. The second-order valence-corrected chi connectivity index (χ2v) is 6.10. The van der Waals surface area contributed by atoms with E-state index in [9.17, 15) is 0 Å². The van der Waals surface area contributed by atoms with Crippen molar-refractivity contribution in [2.75, 3.05) is 13.2 Å². The Hall–Kier alpha value is -0.300. The first-order chi connectivity index (χ1) is 8.67. The molecule has 106 valence electrons. The molecule has 3 atom stereocenters. The van der Waals surface area contributed by atoms with Crippen LogP contribution in [0.4, 0.5) is 0 Å². The maximum Gasteiger partial charge on any atom is 0.0676 e. The van der Waals surface area contributed by atoms with E-state index in [2.05, 4.69) is 33.8 Å². The Kier molecular flexibility index (Phi) is 7.65. The summed E-state index contributed by atoms with van der Waals surface area (Å²) in [5, 5.41) is 0. The average molecular weight is 252 g/mol. The molecule has 1 aliphatic carbocycles. The van der Waals surface area contributed by atoms with E-state index in [1.165, 1.54) is 38.5 Å². The normalized spacial score (nSPS) is 26.6. The van der Waals surface area contributed by atoms with E-state index < -0.39 is 0 Å². The van der Waals surface area contributed by atoms with Crippen LogP contribution in [0.2, 0.25) is 0 Å². The van der Waals surface area contributed by atoms with E-state index in [4.69, 9.17) is 4.74 Å². The number of hydrogen-bond acceptors (Lipinski definition) is 1. The summed E-state index contributed by atoms with van der Waals surface area (Å²) in [7, 11) is 0. The highest BCUT2D eigenvalue weighted by Gasteiger charge is 2.24. The lowest BCUT2D eigenvalue weighted by atomic mass is 9.89. The fraction of sp³-hybridized carbons (Fsp3) is 0.882. The Bertz CT molecular complexity index is 244. The lowest BCUT2D eigenvalue weighted by molar-refractivity contribution is 0.165. The van der Waals surface area contributed by atoms with Crippen molar-refractivity contribution >= 4 is 0 Å². The third-order valence-electron chi connectivity index (χ3n) is 4.32. The van der Waals surface area contributed by atoms with Gasteiger partial charge in [-0.3, -0.25) is 0 Å². The molecule has 0 amide bonds. The van der Waals surface area contributed by atoms with Crippen LogP contribution in [0.15, 0.2) is 11.6 Å². The predicted molar refractivity (Wildman–Crippen MR) is 79.8 cm³/mol. The van der Waals surface area contributed by atoms with Gasteiger partial charge in [0.1, 0.15) is 0 Å². The van der Waals surface area contributed by atoms with Crippen molar-refractivity contribution in [1.82, 2.24) is 0 Å². The van der Waals surface area contributed by atoms with Crippen molar-refractivity contribution in [2.24, 2.45) is 17.8 Å². The van der Waals surface area contributed by atoms with Crippen LogP contribution in [-0.4, -0.2) is 13.2 Å². The van der Waals surface area contributed by atoms with Crippen molar-refractivity contribution in [3.63, 3.8) is 0 Å². The minimum absolute atomic E-state index is 0.710. The van der Waals surface area contributed by atoms with Crippen LogP contribution < -0.4 is 0 Å². The molecule has 0 N–H and O–H groups in total. The van der Waals surface area contributed by atoms with Gasteiger partial charge in [0.05, 0.1) is 6.61 Å². The summed E-state index contributed by atoms with van der Waals surface area (Å²) >= 11 is 0. The third-order valence-corrected chi connectivity index (χ3v) is 4.32. The first-order valence-corrected chi connectivity index (χ1v) is 7.94. The van der Waals surface area contributed by atoms with Crippen molar-refractivity contribution < 1.29 is 4.74 Å². The highest BCUT2D eigenvalue weighted by molar-refractivity contribution is 5.06. The van der Waals surface area contributed by atoms with Crippen LogP contribution in [-0.2, 0) is 4.74 Å². The Morgan fingerprint density at radius 1 is 1.33 bits per heavy atom. The fourth-order valence-corrected chi connectivity index (χ4v) is 3.21. The van der Waals surface area contributed by atoms with Crippen LogP contribution in [0, 0.1) is 17.8 Å². The SMILES string of the molecule is CCCC(C)/C=C(\COCC)CC1CCCC1C. The number of allylic oxidation sites excluding steroid dienone is 1. The topological polar surface area (TPSA) is 9.23 Å². The smallest absolute Gasteiger partial charge is 0.0676 e. The van der Waals surface area contributed by atoms with Gasteiger partial charge in [0.15, 0.2) is 0 Å². The molecular weight excluding hydrogens is 220 g/mol. The maximum absolute atomic E-state index is 5.65. The van der Waals surface area contributed by atoms with Gasteiger partial charge in [-0.25, -0.2) is 0 Å². The quantitative estimate of drug-likeness (QED) is 0.539. The van der Waals surface area contributed by atoms with E-state index in [-0.39, 0.29) is 0 Å². The zero-order valence-electron chi connectivity index (χ0n) is 12.9. The van der Waals surface area contributed by atoms with Gasteiger partial charge in [0.2, 0.25) is 0 Å². The van der Waals surface area contributed by atoms with Gasteiger partial charge in [-0.05, 0) is 49.5 Å². The number of hydrogen-bond donors (Lipinski definition) is 0. The molecule has 0 radical (unpaired) electrons. The lowest BCUT2D eigenvalue weighted by Crippen LogP contribution is -2.09. The molecule has 0 bridgehead atoms. The summed E-state index contributed by atoms with van der Waals surface area (Å²) in [6.07, 6.45) is 10.6. The molecule has 0 spiro atoms. The summed E-state index contributed by atoms with van der Waals surface area (Å²) in [6, 6.07) is 0. The summed E-state index contributed by atoms with van der Waals surface area (Å²) in [4.78, 5) is 0. The van der Waals surface area contributed by atoms with Gasteiger partial charge in [0, 0.05) is 6.61 Å². The van der Waals surface area contributed by atoms with E-state index in [1.807, 2.05) is 0 Å². The molecular formula is C17H32O. The number of rotatable bonds is 8. The average Bonchev–Trinajstić information content (AvgIpc) is 2.72. The van der Waals surface area contributed by atoms with Crippen LogP contribution in [0.25, 0.3) is 0 Å². The predicted octanol–water partition coefficient (Wildman–Crippen LogP) is 5.21. The number of ether oxygens (including phenoxy) is 1. The molecule has 0 aromatic rings. The second kappa shape index (κ2) is 8.74. The van der Waals surface area contributed by atoms with Gasteiger partial charge >= 0.3 is 0 Å². The third kappa shape index (κ3) is 5.56. The summed E-state index contributed by atoms with van der Waals surface area (Å²) in [6.45, 7) is 10.8. The monoisotopic (exact) mass is 252 g/mol. The first kappa shape index (κ1) is 15.8. The molecule has 0 aliphatic heterocycles. The molecule has 0 aromatic carbocycles. The molecule has 1 aliphatic rings. The van der Waals surface area contributed by atoms with Gasteiger partial charge in [0.25, 0.3) is 0 Å². The minimum Gasteiger partial charge on any atom is -0.377 e. The van der Waals surface area contributed by atoms with Crippen LogP contribution in [0.3, 0.4) is 0 Å². The largest absolute Gasteiger partial charge is 0.377 e. The fourth-order valence-electron chi connectivity index (χ4n) is 3.21. The molecule has 1 rings (SSSR count). The summed E-state index contributed by atoms with van der Waals surface area (Å²) in [5.74, 6) is 2.53. The molecule has 18 heavy (non-hydrogen) atoms. The Balaban J connectivity index is 2.53. The highest BCUT2D eigenvalue weighted by Crippen LogP contribution is 2.35. The summed E-state index contributed by atoms with van der Waals surface area (Å²) in [5.41, 5.74) is 1.55. The van der Waals surface area contributed by atoms with Crippen molar-refractivity contribution in [3.8, 4) is 0 Å². The van der Waals surface area contributed by atoms with E-state index >= 15 is 0 Å². The van der Waals surface area contributed by atoms with Gasteiger partial charge in [-0.2, -0.15) is 0 Å². The zero-order valence-corrected chi connectivity index (χ0v) is 12.9. The minimum atomic E-state index is 0.710. The van der Waals surface area contributed by atoms with Crippen LogP contribution >= 0.6 is 0 Å². The zero-order chi connectivity index (χ0) is 13.4. The van der Waals surface area contributed by atoms with E-state index in [1.54, 1.807) is 5.57 Å². The van der Waals surface area contributed by atoms with Crippen molar-refractivity contribution in [3.05, 3.63) is 11.6 Å². The van der Waals surface area contributed by atoms with Crippen LogP contribution in [0.1, 0.15) is 66.2 Å². The molecule has 1 nitrogen and oxygen atoms in total. The van der Waals surface area contributed by atoms with Gasteiger partial charge in [-0.1, -0.05) is 46.1 Å². The standard InChI is InChI=1S/C17H32O/c1-5-8-14(3)11-16(13-18-6-2)12-17-10-7-9-15(17)4/h11,14-15,17H,5-10,12-13H2,1-4H3/b16-11-. The van der Waals surface area contributed by atoms with Crippen molar-refractivity contribution in [1.29, 1.82) is 0 Å². The molecule has 3 unspecified atom stereocenters. The Labute approximate surface area is 114 Å². The van der Waals surface area contributed by atoms with E-state index in [0.717, 1.165) is 25.0 Å². The molecule has 1 fully saturated rings. The Morgan fingerprint density at radius 2 is 2.11 bits per heavy atom. The molecule has 0 saturated heterocycles. The molecule has 0 heterocycles. The molecule has 0 aromatic heterocycles. The van der Waals surface area contributed by atoms with Crippen LogP contribution in [0.5, 0.6) is 0 Å². The molecule has 1 saturated carbocycles. The van der Waals surface area contributed by atoms with Crippen molar-refractivity contribution in [2.45, 2.75) is 66.2 Å². The maximum atomic E-state index is 5.65. The second-order valence-electron chi connectivity index (χ2n) is 6.10. The highest BCUT2D eigenvalue weighted by atomic mass is 16.5. The van der Waals surface area contributed by atoms with Gasteiger partial charge in [-0.15, -0.1) is 0 Å². The van der Waals surface area contributed by atoms with E-state index in [0.29, 0.717) is 5.92 Å². The van der Waals surface area contributed by atoms with Gasteiger partial charge < -0.3 is 4.74 Å². The Morgan fingerprint density at radius 3 is 2.67 bits per heavy atom.